The monoisotopic (exact) mass is 307 g/mol. The summed E-state index contributed by atoms with van der Waals surface area (Å²) in [5, 5.41) is 24.8. The number of aryl methyl sites for hydroxylation is 1. The predicted octanol–water partition coefficient (Wildman–Crippen LogP) is 3.02. The SMILES string of the molecule is Cn1cc2c(ccc3cc(C(C)(O)c4cnc[nH]4)ccc32)c1O. The van der Waals surface area contributed by atoms with E-state index in [4.69, 9.17) is 0 Å². The zero-order chi connectivity index (χ0) is 16.2. The van der Waals surface area contributed by atoms with Crippen molar-refractivity contribution in [2.75, 3.05) is 0 Å². The number of aromatic amines is 1. The highest BCUT2D eigenvalue weighted by atomic mass is 16.3. The molecule has 0 aliphatic carbocycles. The van der Waals surface area contributed by atoms with Gasteiger partial charge < -0.3 is 19.8 Å². The quantitative estimate of drug-likeness (QED) is 0.533. The van der Waals surface area contributed by atoms with Crippen LogP contribution in [0.3, 0.4) is 0 Å². The van der Waals surface area contributed by atoms with Crippen LogP contribution in [0.5, 0.6) is 5.88 Å². The van der Waals surface area contributed by atoms with Crippen LogP contribution in [-0.4, -0.2) is 24.7 Å². The van der Waals surface area contributed by atoms with E-state index in [9.17, 15) is 10.2 Å². The van der Waals surface area contributed by atoms with Gasteiger partial charge in [0.25, 0.3) is 0 Å². The number of nitrogens with zero attached hydrogens (tertiary/aromatic N) is 2. The van der Waals surface area contributed by atoms with Crippen molar-refractivity contribution in [3.8, 4) is 5.88 Å². The fourth-order valence-corrected chi connectivity index (χ4v) is 3.11. The van der Waals surface area contributed by atoms with Crippen LogP contribution in [0.1, 0.15) is 18.2 Å². The lowest BCUT2D eigenvalue weighted by molar-refractivity contribution is 0.0980. The molecule has 0 aliphatic rings. The van der Waals surface area contributed by atoms with Crippen molar-refractivity contribution in [3.63, 3.8) is 0 Å². The van der Waals surface area contributed by atoms with Crippen molar-refractivity contribution in [2.24, 2.45) is 7.05 Å². The summed E-state index contributed by atoms with van der Waals surface area (Å²) in [4.78, 5) is 6.95. The Morgan fingerprint density at radius 1 is 1.13 bits per heavy atom. The van der Waals surface area contributed by atoms with Crippen LogP contribution in [0.15, 0.2) is 49.1 Å². The minimum atomic E-state index is -1.14. The first-order valence-electron chi connectivity index (χ1n) is 7.41. The molecule has 2 aromatic heterocycles. The number of benzene rings is 2. The Labute approximate surface area is 132 Å². The Morgan fingerprint density at radius 3 is 2.65 bits per heavy atom. The summed E-state index contributed by atoms with van der Waals surface area (Å²) in [7, 11) is 1.82. The van der Waals surface area contributed by atoms with Crippen LogP contribution in [-0.2, 0) is 12.6 Å². The molecular weight excluding hydrogens is 290 g/mol. The second-order valence-electron chi connectivity index (χ2n) is 6.06. The third kappa shape index (κ3) is 1.94. The van der Waals surface area contributed by atoms with E-state index in [-0.39, 0.29) is 5.88 Å². The zero-order valence-electron chi connectivity index (χ0n) is 12.9. The van der Waals surface area contributed by atoms with Gasteiger partial charge in [-0.25, -0.2) is 4.98 Å². The molecule has 0 amide bonds. The van der Waals surface area contributed by atoms with E-state index in [0.29, 0.717) is 5.69 Å². The number of hydrogen-bond acceptors (Lipinski definition) is 3. The molecule has 1 atom stereocenters. The summed E-state index contributed by atoms with van der Waals surface area (Å²) < 4.78 is 1.71. The van der Waals surface area contributed by atoms with Gasteiger partial charge >= 0.3 is 0 Å². The molecule has 5 nitrogen and oxygen atoms in total. The van der Waals surface area contributed by atoms with Crippen molar-refractivity contribution in [2.45, 2.75) is 12.5 Å². The van der Waals surface area contributed by atoms with Gasteiger partial charge in [0.2, 0.25) is 0 Å². The number of rotatable bonds is 2. The molecule has 4 rings (SSSR count). The van der Waals surface area contributed by atoms with Gasteiger partial charge in [-0.15, -0.1) is 0 Å². The third-order valence-corrected chi connectivity index (χ3v) is 4.54. The molecule has 0 spiro atoms. The lowest BCUT2D eigenvalue weighted by Gasteiger charge is -2.22. The molecule has 0 saturated heterocycles. The second kappa shape index (κ2) is 4.60. The number of hydrogen-bond donors (Lipinski definition) is 3. The molecule has 23 heavy (non-hydrogen) atoms. The van der Waals surface area contributed by atoms with E-state index < -0.39 is 5.60 Å². The van der Waals surface area contributed by atoms with Gasteiger partial charge in [0.1, 0.15) is 5.60 Å². The van der Waals surface area contributed by atoms with Crippen LogP contribution in [0.2, 0.25) is 0 Å². The highest BCUT2D eigenvalue weighted by molar-refractivity contribution is 6.09. The van der Waals surface area contributed by atoms with E-state index in [1.807, 2.05) is 43.6 Å². The smallest absolute Gasteiger partial charge is 0.198 e. The molecule has 2 heterocycles. The first-order valence-corrected chi connectivity index (χ1v) is 7.41. The standard InChI is InChI=1S/C18H17N3O2/c1-18(23,16-8-19-10-20-16)12-4-6-13-11(7-12)3-5-14-15(13)9-21(2)17(14)22/h3-10,22-23H,1-2H3,(H,19,20). The maximum atomic E-state index is 10.9. The zero-order valence-corrected chi connectivity index (χ0v) is 12.9. The highest BCUT2D eigenvalue weighted by Gasteiger charge is 2.27. The number of aromatic nitrogens is 3. The van der Waals surface area contributed by atoms with Gasteiger partial charge in [0.15, 0.2) is 5.88 Å². The molecule has 0 radical (unpaired) electrons. The molecule has 116 valence electrons. The van der Waals surface area contributed by atoms with Crippen LogP contribution in [0, 0.1) is 0 Å². The molecule has 0 bridgehead atoms. The normalized spacial score (nSPS) is 14.4. The largest absolute Gasteiger partial charge is 0.494 e. The van der Waals surface area contributed by atoms with Gasteiger partial charge in [0.05, 0.1) is 18.2 Å². The number of fused-ring (bicyclic) bond motifs is 3. The summed E-state index contributed by atoms with van der Waals surface area (Å²) in [6, 6.07) is 9.73. The number of aliphatic hydroxyl groups is 1. The molecule has 0 fully saturated rings. The van der Waals surface area contributed by atoms with Crippen LogP contribution < -0.4 is 0 Å². The minimum absolute atomic E-state index is 0.260. The maximum absolute atomic E-state index is 10.9. The summed E-state index contributed by atoms with van der Waals surface area (Å²) >= 11 is 0. The third-order valence-electron chi connectivity index (χ3n) is 4.54. The van der Waals surface area contributed by atoms with Crippen molar-refractivity contribution in [1.82, 2.24) is 14.5 Å². The first kappa shape index (κ1) is 13.8. The summed E-state index contributed by atoms with van der Waals surface area (Å²) in [5.74, 6) is 0.260. The molecule has 1 unspecified atom stereocenters. The van der Waals surface area contributed by atoms with Gasteiger partial charge in [-0.1, -0.05) is 18.2 Å². The van der Waals surface area contributed by atoms with Crippen molar-refractivity contribution in [3.05, 3.63) is 60.3 Å². The molecule has 5 heteroatoms. The van der Waals surface area contributed by atoms with Crippen LogP contribution in [0.4, 0.5) is 0 Å². The van der Waals surface area contributed by atoms with Crippen molar-refractivity contribution < 1.29 is 10.2 Å². The molecule has 0 saturated carbocycles. The van der Waals surface area contributed by atoms with E-state index in [2.05, 4.69) is 9.97 Å². The Bertz CT molecular complexity index is 1010. The summed E-state index contributed by atoms with van der Waals surface area (Å²) in [6.45, 7) is 1.74. The summed E-state index contributed by atoms with van der Waals surface area (Å²) in [6.07, 6.45) is 5.10. The number of imidazole rings is 1. The van der Waals surface area contributed by atoms with Gasteiger partial charge in [0, 0.05) is 24.0 Å². The van der Waals surface area contributed by atoms with Crippen molar-refractivity contribution in [1.29, 1.82) is 0 Å². The minimum Gasteiger partial charge on any atom is -0.494 e. The average molecular weight is 307 g/mol. The lowest BCUT2D eigenvalue weighted by atomic mass is 9.90. The van der Waals surface area contributed by atoms with Gasteiger partial charge in [-0.2, -0.15) is 0 Å². The Balaban J connectivity index is 1.94. The molecule has 3 N–H and O–H groups in total. The Kier molecular flexibility index (Phi) is 2.77. The van der Waals surface area contributed by atoms with E-state index in [1.165, 1.54) is 0 Å². The van der Waals surface area contributed by atoms with Crippen LogP contribution in [0.25, 0.3) is 21.5 Å². The van der Waals surface area contributed by atoms with Gasteiger partial charge in [-0.3, -0.25) is 0 Å². The second-order valence-corrected chi connectivity index (χ2v) is 6.06. The van der Waals surface area contributed by atoms with Crippen molar-refractivity contribution >= 4 is 21.5 Å². The van der Waals surface area contributed by atoms with E-state index in [1.54, 1.807) is 24.0 Å². The predicted molar refractivity (Wildman–Crippen MR) is 89.4 cm³/mol. The highest BCUT2D eigenvalue weighted by Crippen LogP contribution is 2.35. The molecule has 0 aliphatic heterocycles. The lowest BCUT2D eigenvalue weighted by Crippen LogP contribution is -2.23. The molecule has 4 aromatic rings. The molecular formula is C18H17N3O2. The topological polar surface area (TPSA) is 74.1 Å². The summed E-state index contributed by atoms with van der Waals surface area (Å²) in [5.41, 5.74) is 0.294. The van der Waals surface area contributed by atoms with E-state index >= 15 is 0 Å². The average Bonchev–Trinajstić information content (AvgIpc) is 3.17. The Hall–Kier alpha value is -2.79. The van der Waals surface area contributed by atoms with Gasteiger partial charge in [-0.05, 0) is 35.4 Å². The van der Waals surface area contributed by atoms with E-state index in [0.717, 1.165) is 27.1 Å². The molecule has 2 aromatic carbocycles. The fourth-order valence-electron chi connectivity index (χ4n) is 3.11. The Morgan fingerprint density at radius 2 is 1.91 bits per heavy atom. The van der Waals surface area contributed by atoms with Crippen LogP contribution >= 0.6 is 0 Å². The first-order chi connectivity index (χ1) is 11.0. The fraction of sp³-hybridized carbons (Fsp3) is 0.167. The number of aromatic hydroxyl groups is 1. The number of H-pyrrole nitrogens is 1. The maximum Gasteiger partial charge on any atom is 0.198 e. The number of nitrogens with one attached hydrogen (secondary N) is 1.